The van der Waals surface area contributed by atoms with Crippen molar-refractivity contribution in [3.05, 3.63) is 22.4 Å². The highest BCUT2D eigenvalue weighted by atomic mass is 32.1. The molecule has 0 radical (unpaired) electrons. The highest BCUT2D eigenvalue weighted by molar-refractivity contribution is 7.10. The van der Waals surface area contributed by atoms with Gasteiger partial charge in [0.15, 0.2) is 0 Å². The number of aliphatic hydroxyl groups excluding tert-OH is 1. The second kappa shape index (κ2) is 2.83. The van der Waals surface area contributed by atoms with Gasteiger partial charge in [0.05, 0.1) is 6.61 Å². The quantitative estimate of drug-likeness (QED) is 0.746. The predicted octanol–water partition coefficient (Wildman–Crippen LogP) is 1.52. The summed E-state index contributed by atoms with van der Waals surface area (Å²) < 4.78 is 0. The maximum atomic E-state index is 9.15. The van der Waals surface area contributed by atoms with E-state index in [1.165, 1.54) is 4.88 Å². The van der Waals surface area contributed by atoms with Gasteiger partial charge in [-0.25, -0.2) is 0 Å². The van der Waals surface area contributed by atoms with Gasteiger partial charge < -0.3 is 10.8 Å². The molecule has 2 nitrogen and oxygen atoms in total. The summed E-state index contributed by atoms with van der Waals surface area (Å²) in [6.07, 6.45) is 2.14. The molecule has 0 bridgehead atoms. The molecule has 0 amide bonds. The summed E-state index contributed by atoms with van der Waals surface area (Å²) in [6.45, 7) is 0.228. The Balaban J connectivity index is 2.15. The first-order chi connectivity index (χ1) is 5.78. The van der Waals surface area contributed by atoms with Crippen molar-refractivity contribution in [3.63, 3.8) is 0 Å². The van der Waals surface area contributed by atoms with Crippen LogP contribution in [0.5, 0.6) is 0 Å². The van der Waals surface area contributed by atoms with Crippen molar-refractivity contribution < 1.29 is 5.11 Å². The number of aliphatic hydroxyl groups is 1. The Morgan fingerprint density at radius 3 is 2.83 bits per heavy atom. The van der Waals surface area contributed by atoms with Crippen LogP contribution in [0, 0.1) is 5.41 Å². The second-order valence-corrected chi connectivity index (χ2v) is 4.49. The van der Waals surface area contributed by atoms with E-state index in [0.29, 0.717) is 0 Å². The zero-order valence-electron chi connectivity index (χ0n) is 6.86. The van der Waals surface area contributed by atoms with Crippen molar-refractivity contribution in [2.45, 2.75) is 18.9 Å². The molecule has 1 aliphatic carbocycles. The first-order valence-electron chi connectivity index (χ1n) is 4.18. The second-order valence-electron chi connectivity index (χ2n) is 3.51. The Kier molecular flexibility index (Phi) is 1.94. The summed E-state index contributed by atoms with van der Waals surface area (Å²) in [5.74, 6) is 0. The fourth-order valence-electron chi connectivity index (χ4n) is 1.50. The van der Waals surface area contributed by atoms with Crippen molar-refractivity contribution in [1.29, 1.82) is 0 Å². The van der Waals surface area contributed by atoms with Crippen LogP contribution >= 0.6 is 11.3 Å². The van der Waals surface area contributed by atoms with Crippen LogP contribution in [-0.4, -0.2) is 11.7 Å². The molecule has 1 unspecified atom stereocenters. The van der Waals surface area contributed by atoms with E-state index in [-0.39, 0.29) is 18.1 Å². The molecule has 12 heavy (non-hydrogen) atoms. The summed E-state index contributed by atoms with van der Waals surface area (Å²) in [5, 5.41) is 11.2. The van der Waals surface area contributed by atoms with Crippen LogP contribution in [0.4, 0.5) is 0 Å². The SMILES string of the molecule is NC(c1cccs1)C1(CO)CC1. The van der Waals surface area contributed by atoms with Crippen molar-refractivity contribution in [1.82, 2.24) is 0 Å². The molecular formula is C9H13NOS. The fourth-order valence-corrected chi connectivity index (χ4v) is 2.37. The molecule has 1 heterocycles. The van der Waals surface area contributed by atoms with Gasteiger partial charge in [0.2, 0.25) is 0 Å². The third-order valence-electron chi connectivity index (χ3n) is 2.72. The number of rotatable bonds is 3. The molecule has 1 aliphatic rings. The largest absolute Gasteiger partial charge is 0.396 e. The van der Waals surface area contributed by atoms with Gasteiger partial charge in [-0.1, -0.05) is 6.07 Å². The zero-order valence-corrected chi connectivity index (χ0v) is 7.68. The highest BCUT2D eigenvalue weighted by Crippen LogP contribution is 2.53. The predicted molar refractivity (Wildman–Crippen MR) is 50.0 cm³/mol. The maximum Gasteiger partial charge on any atom is 0.0505 e. The topological polar surface area (TPSA) is 46.2 Å². The fraction of sp³-hybridized carbons (Fsp3) is 0.556. The third kappa shape index (κ3) is 1.18. The zero-order chi connectivity index (χ0) is 8.60. The summed E-state index contributed by atoms with van der Waals surface area (Å²) in [7, 11) is 0. The van der Waals surface area contributed by atoms with E-state index in [4.69, 9.17) is 10.8 Å². The Morgan fingerprint density at radius 2 is 2.42 bits per heavy atom. The maximum absolute atomic E-state index is 9.15. The van der Waals surface area contributed by atoms with Crippen LogP contribution in [0.15, 0.2) is 17.5 Å². The molecule has 0 aliphatic heterocycles. The molecule has 1 aromatic rings. The molecule has 2 rings (SSSR count). The number of thiophene rings is 1. The highest BCUT2D eigenvalue weighted by Gasteiger charge is 2.48. The third-order valence-corrected chi connectivity index (χ3v) is 3.67. The van der Waals surface area contributed by atoms with Crippen LogP contribution in [0.25, 0.3) is 0 Å². The number of nitrogens with two attached hydrogens (primary N) is 1. The Labute approximate surface area is 76.0 Å². The van der Waals surface area contributed by atoms with Crippen LogP contribution < -0.4 is 5.73 Å². The van der Waals surface area contributed by atoms with E-state index in [1.54, 1.807) is 11.3 Å². The van der Waals surface area contributed by atoms with Crippen LogP contribution in [0.1, 0.15) is 23.8 Å². The van der Waals surface area contributed by atoms with Gasteiger partial charge in [-0.15, -0.1) is 11.3 Å². The van der Waals surface area contributed by atoms with Crippen LogP contribution in [0.3, 0.4) is 0 Å². The van der Waals surface area contributed by atoms with Gasteiger partial charge in [-0.3, -0.25) is 0 Å². The van der Waals surface area contributed by atoms with Gasteiger partial charge in [-0.2, -0.15) is 0 Å². The summed E-state index contributed by atoms with van der Waals surface area (Å²) in [6, 6.07) is 4.10. The van der Waals surface area contributed by atoms with Crippen molar-refractivity contribution in [2.24, 2.45) is 11.1 Å². The average molecular weight is 183 g/mol. The number of hydrogen-bond acceptors (Lipinski definition) is 3. The normalized spacial score (nSPS) is 22.2. The van der Waals surface area contributed by atoms with Gasteiger partial charge in [0, 0.05) is 16.3 Å². The van der Waals surface area contributed by atoms with Crippen molar-refractivity contribution in [2.75, 3.05) is 6.61 Å². The van der Waals surface area contributed by atoms with E-state index in [2.05, 4.69) is 0 Å². The Morgan fingerprint density at radius 1 is 1.67 bits per heavy atom. The Bertz CT molecular complexity index is 254. The van der Waals surface area contributed by atoms with Crippen LogP contribution in [-0.2, 0) is 0 Å². The van der Waals surface area contributed by atoms with E-state index in [0.717, 1.165) is 12.8 Å². The Hall–Kier alpha value is -0.380. The molecule has 1 aromatic heterocycles. The average Bonchev–Trinajstić information content (AvgIpc) is 2.71. The van der Waals surface area contributed by atoms with Gasteiger partial charge in [0.1, 0.15) is 0 Å². The van der Waals surface area contributed by atoms with Crippen molar-refractivity contribution in [3.8, 4) is 0 Å². The van der Waals surface area contributed by atoms with E-state index in [1.807, 2.05) is 17.5 Å². The molecule has 1 fully saturated rings. The van der Waals surface area contributed by atoms with Gasteiger partial charge in [0.25, 0.3) is 0 Å². The molecule has 1 saturated carbocycles. The summed E-state index contributed by atoms with van der Waals surface area (Å²) >= 11 is 1.68. The van der Waals surface area contributed by atoms with E-state index >= 15 is 0 Å². The van der Waals surface area contributed by atoms with E-state index < -0.39 is 0 Å². The first-order valence-corrected chi connectivity index (χ1v) is 5.06. The van der Waals surface area contributed by atoms with Gasteiger partial charge >= 0.3 is 0 Å². The van der Waals surface area contributed by atoms with E-state index in [9.17, 15) is 0 Å². The molecule has 0 aromatic carbocycles. The van der Waals surface area contributed by atoms with Gasteiger partial charge in [-0.05, 0) is 24.3 Å². The lowest BCUT2D eigenvalue weighted by atomic mass is 9.97. The molecule has 0 saturated heterocycles. The molecule has 66 valence electrons. The monoisotopic (exact) mass is 183 g/mol. The minimum absolute atomic E-state index is 0.0187. The summed E-state index contributed by atoms with van der Waals surface area (Å²) in [4.78, 5) is 1.20. The lowest BCUT2D eigenvalue weighted by Gasteiger charge is -2.19. The standard InChI is InChI=1S/C9H13NOS/c10-8(7-2-1-5-12-7)9(6-11)3-4-9/h1-2,5,8,11H,3-4,6,10H2. The summed E-state index contributed by atoms with van der Waals surface area (Å²) in [5.41, 5.74) is 6.06. The van der Waals surface area contributed by atoms with Crippen LogP contribution in [0.2, 0.25) is 0 Å². The molecule has 1 atom stereocenters. The van der Waals surface area contributed by atoms with Crippen molar-refractivity contribution >= 4 is 11.3 Å². The lowest BCUT2D eigenvalue weighted by molar-refractivity contribution is 0.189. The smallest absolute Gasteiger partial charge is 0.0505 e. The lowest BCUT2D eigenvalue weighted by Crippen LogP contribution is -2.24. The minimum atomic E-state index is 0.0187. The minimum Gasteiger partial charge on any atom is -0.396 e. The molecule has 0 spiro atoms. The first kappa shape index (κ1) is 8.23. The molecular weight excluding hydrogens is 170 g/mol. The molecule has 3 heteroatoms. The molecule has 3 N–H and O–H groups in total. The number of hydrogen-bond donors (Lipinski definition) is 2.